The molecule has 0 amide bonds. The number of esters is 1. The van der Waals surface area contributed by atoms with Crippen molar-refractivity contribution in [2.75, 3.05) is 33.7 Å². The van der Waals surface area contributed by atoms with E-state index in [2.05, 4.69) is 15.2 Å². The quantitative estimate of drug-likeness (QED) is 0.345. The molecule has 0 fully saturated rings. The smallest absolute Gasteiger partial charge is 0.310 e. The number of ether oxygens (including phenoxy) is 1. The summed E-state index contributed by atoms with van der Waals surface area (Å²) < 4.78 is 4.88. The largest absolute Gasteiger partial charge is 0.393 e. The first kappa shape index (κ1) is 18.3. The molecule has 102 valence electrons. The van der Waals surface area contributed by atoms with Gasteiger partial charge in [-0.05, 0) is 34.0 Å². The number of hydrogen-bond donors (Lipinski definition) is 1. The summed E-state index contributed by atoms with van der Waals surface area (Å²) in [7, 11) is 4.03. The van der Waals surface area contributed by atoms with Gasteiger partial charge in [0, 0.05) is 20.0 Å². The van der Waals surface area contributed by atoms with Crippen LogP contribution in [-0.4, -0.2) is 50.6 Å². The second-order valence-electron chi connectivity index (χ2n) is 3.47. The van der Waals surface area contributed by atoms with Gasteiger partial charge in [0.05, 0.1) is 0 Å². The molecule has 0 aliphatic heterocycles. The third-order valence-electron chi connectivity index (χ3n) is 1.59. The number of nitrogens with zero attached hydrogens (tertiary/aromatic N) is 2. The van der Waals surface area contributed by atoms with E-state index in [0.29, 0.717) is 19.1 Å². The minimum atomic E-state index is -0.345. The molecule has 0 aliphatic carbocycles. The van der Waals surface area contributed by atoms with Gasteiger partial charge in [-0.25, -0.2) is 4.99 Å². The first-order valence-corrected chi connectivity index (χ1v) is 6.17. The van der Waals surface area contributed by atoms with Gasteiger partial charge in [-0.1, -0.05) is 13.8 Å². The predicted octanol–water partition coefficient (Wildman–Crippen LogP) is 1.49. The maximum atomic E-state index is 10.7. The summed E-state index contributed by atoms with van der Waals surface area (Å²) in [5, 5.41) is 2.90. The van der Waals surface area contributed by atoms with Crippen LogP contribution in [0.25, 0.3) is 0 Å². The molecule has 0 atom stereocenters. The Morgan fingerprint density at radius 1 is 1.35 bits per heavy atom. The molecule has 0 saturated heterocycles. The van der Waals surface area contributed by atoms with Gasteiger partial charge in [-0.3, -0.25) is 4.79 Å². The van der Waals surface area contributed by atoms with Crippen LogP contribution in [0.3, 0.4) is 0 Å². The van der Waals surface area contributed by atoms with Crippen LogP contribution in [0.4, 0.5) is 0 Å². The van der Waals surface area contributed by atoms with Crippen molar-refractivity contribution in [2.24, 2.45) is 4.99 Å². The van der Waals surface area contributed by atoms with E-state index in [1.54, 1.807) is 0 Å². The van der Waals surface area contributed by atoms with Crippen LogP contribution < -0.4 is 5.32 Å². The summed E-state index contributed by atoms with van der Waals surface area (Å²) in [5.41, 5.74) is 0. The van der Waals surface area contributed by atoms with Gasteiger partial charge in [0.2, 0.25) is 0 Å². The van der Waals surface area contributed by atoms with Crippen LogP contribution in [0.2, 0.25) is 0 Å². The predicted molar refractivity (Wildman–Crippen MR) is 72.3 cm³/mol. The first-order chi connectivity index (χ1) is 8.06. The Hall–Kier alpha value is -1.10. The van der Waals surface area contributed by atoms with Gasteiger partial charge in [0.15, 0.2) is 0 Å². The third-order valence-corrected chi connectivity index (χ3v) is 1.59. The molecular weight excluding hydrogens is 218 g/mol. The average molecular weight is 245 g/mol. The molecule has 0 rings (SSSR count). The minimum absolute atomic E-state index is 0.323. The molecule has 17 heavy (non-hydrogen) atoms. The van der Waals surface area contributed by atoms with E-state index >= 15 is 0 Å². The minimum Gasteiger partial charge on any atom is -0.393 e. The molecule has 0 unspecified atom stereocenters. The van der Waals surface area contributed by atoms with E-state index in [1.807, 2.05) is 34.9 Å². The Balaban J connectivity index is 0. The summed E-state index contributed by atoms with van der Waals surface area (Å²) in [4.78, 5) is 17.0. The van der Waals surface area contributed by atoms with Gasteiger partial charge in [-0.15, -0.1) is 0 Å². The lowest BCUT2D eigenvalue weighted by Gasteiger charge is -2.09. The molecule has 1 N–H and O–H groups in total. The highest BCUT2D eigenvalue weighted by Gasteiger charge is 2.01. The first-order valence-electron chi connectivity index (χ1n) is 6.17. The number of aliphatic imine (C=N–C) groups is 1. The third kappa shape index (κ3) is 14.9. The van der Waals surface area contributed by atoms with Crippen molar-refractivity contribution in [3.05, 3.63) is 0 Å². The monoisotopic (exact) mass is 245 g/mol. The Morgan fingerprint density at radius 2 is 1.94 bits per heavy atom. The van der Waals surface area contributed by atoms with Crippen molar-refractivity contribution >= 4 is 12.0 Å². The summed E-state index contributed by atoms with van der Waals surface area (Å²) >= 11 is 0. The van der Waals surface area contributed by atoms with Crippen molar-refractivity contribution < 1.29 is 9.53 Å². The topological polar surface area (TPSA) is 53.9 Å². The van der Waals surface area contributed by atoms with E-state index in [9.17, 15) is 4.79 Å². The van der Waals surface area contributed by atoms with Gasteiger partial charge >= 0.3 is 5.97 Å². The molecule has 0 heterocycles. The fourth-order valence-corrected chi connectivity index (χ4v) is 0.979. The van der Waals surface area contributed by atoms with Gasteiger partial charge in [0.25, 0.3) is 6.02 Å². The zero-order chi connectivity index (χ0) is 13.7. The van der Waals surface area contributed by atoms with Crippen molar-refractivity contribution in [3.8, 4) is 0 Å². The maximum absolute atomic E-state index is 10.7. The number of nitrogens with one attached hydrogen (secondary N) is 1. The number of carbonyl (C=O) groups is 1. The van der Waals surface area contributed by atoms with Crippen molar-refractivity contribution in [2.45, 2.75) is 34.1 Å². The highest BCUT2D eigenvalue weighted by Crippen LogP contribution is 1.87. The molecule has 0 bridgehead atoms. The van der Waals surface area contributed by atoms with E-state index in [0.717, 1.165) is 13.0 Å². The number of hydrogen-bond acceptors (Lipinski definition) is 4. The lowest BCUT2D eigenvalue weighted by Crippen LogP contribution is -2.28. The number of rotatable bonds is 5. The highest BCUT2D eigenvalue weighted by atomic mass is 16.6. The van der Waals surface area contributed by atoms with Crippen LogP contribution in [0.15, 0.2) is 4.99 Å². The second kappa shape index (κ2) is 13.0. The van der Waals surface area contributed by atoms with Crippen LogP contribution in [-0.2, 0) is 9.53 Å². The molecule has 5 nitrogen and oxygen atoms in total. The Labute approximate surface area is 105 Å². The number of amidine groups is 1. The van der Waals surface area contributed by atoms with E-state index in [1.165, 1.54) is 6.92 Å². The van der Waals surface area contributed by atoms with Crippen molar-refractivity contribution in [3.63, 3.8) is 0 Å². The summed E-state index contributed by atoms with van der Waals surface area (Å²) in [5.74, 6) is -0.345. The summed E-state index contributed by atoms with van der Waals surface area (Å²) in [6.07, 6.45) is 0.948. The maximum Gasteiger partial charge on any atom is 0.310 e. The zero-order valence-corrected chi connectivity index (χ0v) is 12.0. The van der Waals surface area contributed by atoms with Crippen molar-refractivity contribution in [1.29, 1.82) is 0 Å². The molecule has 0 spiro atoms. The molecular formula is C12H27N3O2. The van der Waals surface area contributed by atoms with Crippen LogP contribution in [0, 0.1) is 0 Å². The fourth-order valence-electron chi connectivity index (χ4n) is 0.979. The number of carbonyl (C=O) groups excluding carboxylic acids is 1. The molecule has 0 aromatic heterocycles. The Morgan fingerprint density at radius 3 is 2.35 bits per heavy atom. The normalized spacial score (nSPS) is 10.6. The van der Waals surface area contributed by atoms with Gasteiger partial charge < -0.3 is 15.0 Å². The van der Waals surface area contributed by atoms with Gasteiger partial charge in [-0.2, -0.15) is 0 Å². The lowest BCUT2D eigenvalue weighted by atomic mass is 10.4. The molecule has 5 heteroatoms. The standard InChI is InChI=1S/C10H21N3O2.C2H6/c1-5-11-10(15-9(2)14)12-7-6-8-13(3)4;1-2/h5-8H2,1-4H3,(H,11,12);1-2H3. The summed E-state index contributed by atoms with van der Waals surface area (Å²) in [6, 6.07) is 0.323. The van der Waals surface area contributed by atoms with E-state index in [-0.39, 0.29) is 5.97 Å². The molecule has 0 saturated carbocycles. The van der Waals surface area contributed by atoms with E-state index < -0.39 is 0 Å². The average Bonchev–Trinajstić information content (AvgIpc) is 2.26. The van der Waals surface area contributed by atoms with Crippen LogP contribution in [0.5, 0.6) is 0 Å². The Kier molecular flexibility index (Phi) is 13.9. The Bertz CT molecular complexity index is 216. The van der Waals surface area contributed by atoms with Crippen LogP contribution >= 0.6 is 0 Å². The lowest BCUT2D eigenvalue weighted by molar-refractivity contribution is -0.133. The summed E-state index contributed by atoms with van der Waals surface area (Å²) in [6.45, 7) is 9.63. The molecule has 0 radical (unpaired) electrons. The van der Waals surface area contributed by atoms with Crippen molar-refractivity contribution in [1.82, 2.24) is 10.2 Å². The SMILES string of the molecule is CC.CCNC(=NCCCN(C)C)OC(C)=O. The van der Waals surface area contributed by atoms with Gasteiger partial charge in [0.1, 0.15) is 0 Å². The van der Waals surface area contributed by atoms with E-state index in [4.69, 9.17) is 4.74 Å². The fraction of sp³-hybridized carbons (Fsp3) is 0.833. The molecule has 0 aromatic rings. The van der Waals surface area contributed by atoms with Crippen LogP contribution in [0.1, 0.15) is 34.1 Å². The molecule has 0 aromatic carbocycles. The molecule has 0 aliphatic rings. The second-order valence-corrected chi connectivity index (χ2v) is 3.47. The zero-order valence-electron chi connectivity index (χ0n) is 12.0. The highest BCUT2D eigenvalue weighted by molar-refractivity contribution is 5.86.